The molecule has 0 radical (unpaired) electrons. The van der Waals surface area contributed by atoms with Crippen molar-refractivity contribution >= 4 is 5.91 Å². The summed E-state index contributed by atoms with van der Waals surface area (Å²) in [5, 5.41) is 2.97. The first-order valence-corrected chi connectivity index (χ1v) is 4.98. The van der Waals surface area contributed by atoms with Gasteiger partial charge in [-0.05, 0) is 26.2 Å². The SMILES string of the molecule is C#CC1C(C(=O)NC(C)(C)C)C1(C)C. The number of nitrogens with one attached hydrogen (secondary N) is 1. The summed E-state index contributed by atoms with van der Waals surface area (Å²) in [6.45, 7) is 10.0. The zero-order chi connectivity index (χ0) is 11.1. The summed E-state index contributed by atoms with van der Waals surface area (Å²) in [7, 11) is 0. The first-order chi connectivity index (χ1) is 6.20. The van der Waals surface area contributed by atoms with Gasteiger partial charge in [-0.15, -0.1) is 12.3 Å². The van der Waals surface area contributed by atoms with Crippen molar-refractivity contribution in [1.82, 2.24) is 5.32 Å². The minimum Gasteiger partial charge on any atom is -0.351 e. The summed E-state index contributed by atoms with van der Waals surface area (Å²) >= 11 is 0. The van der Waals surface area contributed by atoms with Crippen LogP contribution in [-0.4, -0.2) is 11.4 Å². The molecule has 2 unspecified atom stereocenters. The summed E-state index contributed by atoms with van der Waals surface area (Å²) < 4.78 is 0. The molecule has 0 saturated heterocycles. The van der Waals surface area contributed by atoms with Crippen LogP contribution in [0.25, 0.3) is 0 Å². The smallest absolute Gasteiger partial charge is 0.225 e. The molecule has 1 amide bonds. The van der Waals surface area contributed by atoms with E-state index in [0.29, 0.717) is 0 Å². The fourth-order valence-corrected chi connectivity index (χ4v) is 1.89. The number of rotatable bonds is 1. The molecule has 1 rings (SSSR count). The molecule has 14 heavy (non-hydrogen) atoms. The third-order valence-electron chi connectivity index (χ3n) is 2.79. The molecular formula is C12H19NO. The van der Waals surface area contributed by atoms with Crippen molar-refractivity contribution < 1.29 is 4.79 Å². The number of hydrogen-bond acceptors (Lipinski definition) is 1. The molecule has 0 aromatic rings. The first kappa shape index (κ1) is 11.1. The van der Waals surface area contributed by atoms with E-state index in [-0.39, 0.29) is 28.7 Å². The number of hydrogen-bond donors (Lipinski definition) is 1. The third kappa shape index (κ3) is 1.92. The molecule has 2 nitrogen and oxygen atoms in total. The Morgan fingerprint density at radius 3 is 2.21 bits per heavy atom. The molecular weight excluding hydrogens is 174 g/mol. The van der Waals surface area contributed by atoms with Gasteiger partial charge in [0.05, 0.1) is 5.92 Å². The second kappa shape index (κ2) is 3.02. The van der Waals surface area contributed by atoms with Gasteiger partial charge in [-0.3, -0.25) is 4.79 Å². The van der Waals surface area contributed by atoms with Crippen LogP contribution in [0.1, 0.15) is 34.6 Å². The lowest BCUT2D eigenvalue weighted by Crippen LogP contribution is -2.42. The highest BCUT2D eigenvalue weighted by Crippen LogP contribution is 2.57. The summed E-state index contributed by atoms with van der Waals surface area (Å²) in [5.74, 6) is 2.87. The molecule has 1 aliphatic rings. The summed E-state index contributed by atoms with van der Waals surface area (Å²) in [6.07, 6.45) is 5.37. The van der Waals surface area contributed by atoms with Crippen LogP contribution >= 0.6 is 0 Å². The van der Waals surface area contributed by atoms with E-state index in [2.05, 4.69) is 11.2 Å². The van der Waals surface area contributed by atoms with Crippen LogP contribution in [0, 0.1) is 29.6 Å². The Kier molecular flexibility index (Phi) is 2.39. The lowest BCUT2D eigenvalue weighted by molar-refractivity contribution is -0.124. The van der Waals surface area contributed by atoms with Crippen molar-refractivity contribution in [3.05, 3.63) is 0 Å². The van der Waals surface area contributed by atoms with Crippen LogP contribution in [0.2, 0.25) is 0 Å². The van der Waals surface area contributed by atoms with E-state index in [4.69, 9.17) is 6.42 Å². The van der Waals surface area contributed by atoms with E-state index in [1.54, 1.807) is 0 Å². The minimum atomic E-state index is -0.172. The number of carbonyl (C=O) groups excluding carboxylic acids is 1. The lowest BCUT2D eigenvalue weighted by atomic mass is 10.1. The summed E-state index contributed by atoms with van der Waals surface area (Å²) in [5.41, 5.74) is -0.195. The Balaban J connectivity index is 2.63. The van der Waals surface area contributed by atoms with Gasteiger partial charge in [0, 0.05) is 11.5 Å². The zero-order valence-electron chi connectivity index (χ0n) is 9.64. The second-order valence-electron chi connectivity index (χ2n) is 5.68. The van der Waals surface area contributed by atoms with Crippen molar-refractivity contribution in [2.45, 2.75) is 40.2 Å². The molecule has 2 atom stereocenters. The van der Waals surface area contributed by atoms with Gasteiger partial charge >= 0.3 is 0 Å². The molecule has 1 saturated carbocycles. The molecule has 0 aliphatic heterocycles. The minimum absolute atomic E-state index is 0.00766. The molecule has 1 N–H and O–H groups in total. The lowest BCUT2D eigenvalue weighted by Gasteiger charge is -2.20. The monoisotopic (exact) mass is 193 g/mol. The van der Waals surface area contributed by atoms with Crippen LogP contribution in [0.3, 0.4) is 0 Å². The Hall–Kier alpha value is -0.970. The maximum absolute atomic E-state index is 11.8. The van der Waals surface area contributed by atoms with Gasteiger partial charge < -0.3 is 5.32 Å². The molecule has 0 aromatic heterocycles. The number of terminal acetylenes is 1. The standard InChI is InChI=1S/C12H19NO/c1-7-8-9(12(8,5)6)10(14)13-11(2,3)4/h1,8-9H,2-6H3,(H,13,14). The zero-order valence-corrected chi connectivity index (χ0v) is 9.64. The molecule has 0 heterocycles. The van der Waals surface area contributed by atoms with E-state index in [1.807, 2.05) is 34.6 Å². The van der Waals surface area contributed by atoms with Crippen molar-refractivity contribution in [2.24, 2.45) is 17.3 Å². The Labute approximate surface area is 86.5 Å². The summed E-state index contributed by atoms with van der Waals surface area (Å²) in [4.78, 5) is 11.8. The van der Waals surface area contributed by atoms with E-state index in [0.717, 1.165) is 0 Å². The Morgan fingerprint density at radius 2 is 1.93 bits per heavy atom. The molecule has 2 heteroatoms. The van der Waals surface area contributed by atoms with E-state index < -0.39 is 0 Å². The van der Waals surface area contributed by atoms with Crippen LogP contribution in [0.4, 0.5) is 0 Å². The molecule has 1 fully saturated rings. The van der Waals surface area contributed by atoms with E-state index >= 15 is 0 Å². The highest BCUT2D eigenvalue weighted by molar-refractivity contribution is 5.84. The maximum Gasteiger partial charge on any atom is 0.225 e. The van der Waals surface area contributed by atoms with E-state index in [9.17, 15) is 4.79 Å². The molecule has 0 aromatic carbocycles. The van der Waals surface area contributed by atoms with Gasteiger partial charge in [0.25, 0.3) is 0 Å². The van der Waals surface area contributed by atoms with Crippen molar-refractivity contribution in [1.29, 1.82) is 0 Å². The third-order valence-corrected chi connectivity index (χ3v) is 2.79. The average molecular weight is 193 g/mol. The van der Waals surface area contributed by atoms with Crippen LogP contribution in [0.15, 0.2) is 0 Å². The predicted molar refractivity (Wildman–Crippen MR) is 57.5 cm³/mol. The van der Waals surface area contributed by atoms with Crippen LogP contribution in [0.5, 0.6) is 0 Å². The number of carbonyl (C=O) groups is 1. The highest BCUT2D eigenvalue weighted by Gasteiger charge is 2.61. The molecule has 1 aliphatic carbocycles. The van der Waals surface area contributed by atoms with Crippen molar-refractivity contribution in [3.8, 4) is 12.3 Å². The summed E-state index contributed by atoms with van der Waals surface area (Å²) in [6, 6.07) is 0. The largest absolute Gasteiger partial charge is 0.351 e. The Bertz CT molecular complexity index is 290. The predicted octanol–water partition coefficient (Wildman–Crippen LogP) is 1.81. The van der Waals surface area contributed by atoms with Crippen molar-refractivity contribution in [3.63, 3.8) is 0 Å². The highest BCUT2D eigenvalue weighted by atomic mass is 16.2. The topological polar surface area (TPSA) is 29.1 Å². The quantitative estimate of drug-likeness (QED) is 0.632. The normalized spacial score (nSPS) is 29.1. The van der Waals surface area contributed by atoms with Gasteiger partial charge in [0.2, 0.25) is 5.91 Å². The molecule has 0 bridgehead atoms. The van der Waals surface area contributed by atoms with Gasteiger partial charge in [0.15, 0.2) is 0 Å². The average Bonchev–Trinajstić information content (AvgIpc) is 2.48. The maximum atomic E-state index is 11.8. The van der Waals surface area contributed by atoms with Crippen molar-refractivity contribution in [2.75, 3.05) is 0 Å². The van der Waals surface area contributed by atoms with Gasteiger partial charge in [0.1, 0.15) is 0 Å². The molecule has 0 spiro atoms. The van der Waals surface area contributed by atoms with Gasteiger partial charge in [-0.1, -0.05) is 13.8 Å². The Morgan fingerprint density at radius 1 is 1.43 bits per heavy atom. The molecule has 78 valence electrons. The first-order valence-electron chi connectivity index (χ1n) is 4.98. The fourth-order valence-electron chi connectivity index (χ4n) is 1.89. The second-order valence-corrected chi connectivity index (χ2v) is 5.68. The van der Waals surface area contributed by atoms with Crippen LogP contribution < -0.4 is 5.32 Å². The van der Waals surface area contributed by atoms with Gasteiger partial charge in [-0.2, -0.15) is 0 Å². The van der Waals surface area contributed by atoms with Crippen LogP contribution in [-0.2, 0) is 4.79 Å². The number of amides is 1. The fraction of sp³-hybridized carbons (Fsp3) is 0.750. The van der Waals surface area contributed by atoms with E-state index in [1.165, 1.54) is 0 Å². The van der Waals surface area contributed by atoms with Gasteiger partial charge in [-0.25, -0.2) is 0 Å².